The second kappa shape index (κ2) is 5.07. The van der Waals surface area contributed by atoms with Crippen molar-refractivity contribution in [1.82, 2.24) is 0 Å². The fraction of sp³-hybridized carbons (Fsp3) is 0. The summed E-state index contributed by atoms with van der Waals surface area (Å²) in [6, 6.07) is 0. The summed E-state index contributed by atoms with van der Waals surface area (Å²) < 4.78 is 0. The number of rotatable bonds is 0. The van der Waals surface area contributed by atoms with Crippen LogP contribution in [-0.4, -0.2) is 18.3 Å². The van der Waals surface area contributed by atoms with Crippen molar-refractivity contribution >= 4 is 124 Å². The van der Waals surface area contributed by atoms with Crippen molar-refractivity contribution < 1.29 is 5.48 Å². The Morgan fingerprint density at radius 1 is 0.333 bits per heavy atom. The maximum Gasteiger partial charge on any atom is -0.873 e. The largest absolute Gasteiger partial charge is 0.873 e. The van der Waals surface area contributed by atoms with E-state index in [0.717, 1.165) is 0 Å². The Kier molecular flexibility index (Phi) is 8.46. The van der Waals surface area contributed by atoms with Crippen LogP contribution >= 0.6 is 106 Å². The minimum atomic E-state index is -5.42. The van der Waals surface area contributed by atoms with Crippen LogP contribution in [0.3, 0.4) is 0 Å². The van der Waals surface area contributed by atoms with Gasteiger partial charge in [0.15, 0.2) is 0 Å². The standard InChI is InChI=1S/12ClH.H4O.2Sb/h12*1H;1H4;;/q;;;;;;;;;;;;+2;2*+5/p-12. The fourth-order valence-electron chi connectivity index (χ4n) is 0. The minimum Gasteiger partial charge on any atom is -0.873 e. The normalized spacial score (nSPS) is 21.6. The molecule has 0 heterocycles. The van der Waals surface area contributed by atoms with Crippen molar-refractivity contribution in [3.63, 3.8) is 0 Å². The van der Waals surface area contributed by atoms with Gasteiger partial charge in [-0.1, -0.05) is 0 Å². The molecule has 4 N–H and O–H groups in total. The van der Waals surface area contributed by atoms with Crippen molar-refractivity contribution in [1.29, 1.82) is 0 Å². The van der Waals surface area contributed by atoms with Gasteiger partial charge in [0, 0.05) is 0 Å². The Bertz CT molecular complexity index is 161. The molecule has 0 saturated heterocycles. The molecule has 0 fully saturated rings. The molecule has 0 aliphatic rings. The van der Waals surface area contributed by atoms with Crippen LogP contribution in [0.25, 0.3) is 0 Å². The topological polar surface area (TPSA) is 34.5 Å². The van der Waals surface area contributed by atoms with Gasteiger partial charge in [0.1, 0.15) is 0 Å². The van der Waals surface area contributed by atoms with Crippen LogP contribution in [0.5, 0.6) is 0 Å². The van der Waals surface area contributed by atoms with Gasteiger partial charge in [0.2, 0.25) is 0 Å². The maximum atomic E-state index is 5.06. The van der Waals surface area contributed by atoms with E-state index in [0.29, 0.717) is 0 Å². The van der Waals surface area contributed by atoms with Crippen LogP contribution < -0.4 is 0 Å². The van der Waals surface area contributed by atoms with E-state index in [1.165, 1.54) is 0 Å². The summed E-state index contributed by atoms with van der Waals surface area (Å²) in [5, 5.41) is 0. The summed E-state index contributed by atoms with van der Waals surface area (Å²) in [4.78, 5) is 0. The van der Waals surface area contributed by atoms with Crippen LogP contribution in [0, 0.1) is 0 Å². The molecular formula is H4Cl12OSb2. The molecule has 0 radical (unpaired) electrons. The van der Waals surface area contributed by atoms with Crippen LogP contribution in [-0.2, 0) is 5.48 Å². The van der Waals surface area contributed by atoms with Crippen molar-refractivity contribution in [2.45, 2.75) is 0 Å². The molecule has 0 aliphatic heterocycles. The van der Waals surface area contributed by atoms with Crippen molar-refractivity contribution in [2.75, 3.05) is 0 Å². The Morgan fingerprint density at radius 2 is 0.333 bits per heavy atom. The van der Waals surface area contributed by atoms with E-state index in [1.807, 2.05) is 0 Å². The molecule has 0 aliphatic carbocycles. The molecule has 0 bridgehead atoms. The minimum absolute atomic E-state index is 0. The molecule has 0 atom stereocenters. The molecule has 0 spiro atoms. The first-order valence-corrected chi connectivity index (χ1v) is 40.8. The second-order valence-corrected chi connectivity index (χ2v) is 116. The summed E-state index contributed by atoms with van der Waals surface area (Å²) in [6.07, 6.45) is 0. The van der Waals surface area contributed by atoms with Gasteiger partial charge in [-0.2, -0.15) is 0 Å². The molecule has 104 valence electrons. The van der Waals surface area contributed by atoms with Gasteiger partial charge in [-0.3, -0.25) is 0 Å². The molecule has 0 unspecified atom stereocenters. The predicted molar refractivity (Wildman–Crippen MR) is 88.0 cm³/mol. The predicted octanol–water partition coefficient (Wildman–Crippen LogP) is 6.32. The van der Waals surface area contributed by atoms with E-state index < -0.39 is 18.3 Å². The Balaban J connectivity index is -0.000000180. The third-order valence-corrected chi connectivity index (χ3v) is 0. The molecule has 0 amide bonds. The zero-order valence-electron chi connectivity index (χ0n) is 6.14. The zero-order valence-corrected chi connectivity index (χ0v) is 20.3. The maximum absolute atomic E-state index is 5.42. The van der Waals surface area contributed by atoms with E-state index >= 15 is 0 Å². The van der Waals surface area contributed by atoms with Gasteiger partial charge in [-0.15, -0.1) is 0 Å². The quantitative estimate of drug-likeness (QED) is 0.267. The molecule has 1 nitrogen and oxygen atoms in total. The zero-order chi connectivity index (χ0) is 12.8. The third-order valence-electron chi connectivity index (χ3n) is 0. The monoisotopic (exact) mass is 681 g/mol. The van der Waals surface area contributed by atoms with E-state index in [2.05, 4.69) is 0 Å². The van der Waals surface area contributed by atoms with Crippen molar-refractivity contribution in [3.8, 4) is 0 Å². The third kappa shape index (κ3) is 216. The van der Waals surface area contributed by atoms with Crippen molar-refractivity contribution in [2.24, 2.45) is 0 Å². The average Bonchev–Trinajstić information content (AvgIpc) is 0.938. The molecule has 0 aromatic rings. The molecule has 15 heavy (non-hydrogen) atoms. The smallest absolute Gasteiger partial charge is 0.873 e. The van der Waals surface area contributed by atoms with Gasteiger partial charge in [-0.05, 0) is 0 Å². The Hall–Kier alpha value is 5.08. The van der Waals surface area contributed by atoms with E-state index in [4.69, 9.17) is 106 Å². The van der Waals surface area contributed by atoms with Gasteiger partial charge < -0.3 is 5.48 Å². The van der Waals surface area contributed by atoms with Gasteiger partial charge in [0.25, 0.3) is 0 Å². The fourth-order valence-corrected chi connectivity index (χ4v) is 0. The molecular weight excluding hydrogens is 685 g/mol. The molecule has 0 rings (SSSR count). The molecule has 0 aromatic carbocycles. The molecule has 0 aromatic heterocycles. The second-order valence-electron chi connectivity index (χ2n) is 1.92. The number of hydrogen-bond acceptors (Lipinski definition) is 0. The summed E-state index contributed by atoms with van der Waals surface area (Å²) in [5.74, 6) is 0. The van der Waals surface area contributed by atoms with E-state index in [-0.39, 0.29) is 5.48 Å². The van der Waals surface area contributed by atoms with E-state index in [1.54, 1.807) is 0 Å². The SMILES string of the molecule is [Cl][Sb-]([Cl])([Cl])([Cl])([Cl])[Cl].[Cl][Sb-]([Cl])([Cl])([Cl])([Cl])[Cl].[OH4+2]. The molecule has 15 heteroatoms. The van der Waals surface area contributed by atoms with Gasteiger partial charge >= 0.3 is 124 Å². The first-order chi connectivity index (χ1) is 4.90. The Morgan fingerprint density at radius 3 is 0.333 bits per heavy atom. The molecule has 0 saturated carbocycles. The van der Waals surface area contributed by atoms with Gasteiger partial charge in [-0.25, -0.2) is 0 Å². The Labute approximate surface area is 126 Å². The first-order valence-electron chi connectivity index (χ1n) is 2.03. The number of hydrogen-bond donors (Lipinski definition) is 0. The van der Waals surface area contributed by atoms with E-state index in [9.17, 15) is 0 Å². The van der Waals surface area contributed by atoms with Crippen LogP contribution in [0.15, 0.2) is 0 Å². The summed E-state index contributed by atoms with van der Waals surface area (Å²) in [6.45, 7) is 0. The van der Waals surface area contributed by atoms with Crippen LogP contribution in [0.2, 0.25) is 0 Å². The first kappa shape index (κ1) is 25.1. The van der Waals surface area contributed by atoms with Crippen molar-refractivity contribution in [3.05, 3.63) is 0 Å². The van der Waals surface area contributed by atoms with Crippen LogP contribution in [0.1, 0.15) is 0 Å². The summed E-state index contributed by atoms with van der Waals surface area (Å²) >= 11 is 0. The van der Waals surface area contributed by atoms with Gasteiger partial charge in [0.05, 0.1) is 0 Å². The average molecular weight is 689 g/mol. The summed E-state index contributed by atoms with van der Waals surface area (Å²) in [7, 11) is 49.9. The summed E-state index contributed by atoms with van der Waals surface area (Å²) in [5.41, 5.74) is 0. The van der Waals surface area contributed by atoms with Crippen LogP contribution in [0.4, 0.5) is 0 Å². The number of halogens is 12.